The van der Waals surface area contributed by atoms with E-state index in [0.717, 1.165) is 46.9 Å². The molecule has 5 nitrogen and oxygen atoms in total. The molecule has 2 aromatic heterocycles. The first-order chi connectivity index (χ1) is 9.26. The molecule has 3 aromatic rings. The molecule has 0 atom stereocenters. The van der Waals surface area contributed by atoms with Crippen molar-refractivity contribution in [1.82, 2.24) is 15.2 Å². The molecule has 19 heavy (non-hydrogen) atoms. The van der Waals surface area contributed by atoms with E-state index in [1.807, 2.05) is 38.2 Å². The van der Waals surface area contributed by atoms with Crippen LogP contribution in [0, 0.1) is 6.92 Å². The van der Waals surface area contributed by atoms with Crippen LogP contribution >= 0.6 is 0 Å². The first-order valence-corrected chi connectivity index (χ1v) is 6.38. The first-order valence-electron chi connectivity index (χ1n) is 6.38. The van der Waals surface area contributed by atoms with Crippen LogP contribution in [-0.2, 0) is 13.0 Å². The van der Waals surface area contributed by atoms with E-state index >= 15 is 0 Å². The van der Waals surface area contributed by atoms with Gasteiger partial charge in [0, 0.05) is 29.9 Å². The summed E-state index contributed by atoms with van der Waals surface area (Å²) >= 11 is 0. The van der Waals surface area contributed by atoms with Gasteiger partial charge in [-0.05, 0) is 25.1 Å². The van der Waals surface area contributed by atoms with E-state index in [1.54, 1.807) is 0 Å². The van der Waals surface area contributed by atoms with Crippen LogP contribution in [0.15, 0.2) is 28.8 Å². The smallest absolute Gasteiger partial charge is 0.195 e. The van der Waals surface area contributed by atoms with Crippen LogP contribution in [-0.4, -0.2) is 15.2 Å². The van der Waals surface area contributed by atoms with Crippen LogP contribution in [0.3, 0.4) is 0 Å². The van der Waals surface area contributed by atoms with Gasteiger partial charge < -0.3 is 9.73 Å². The lowest BCUT2D eigenvalue weighted by atomic mass is 10.2. The van der Waals surface area contributed by atoms with Gasteiger partial charge in [0.1, 0.15) is 5.52 Å². The van der Waals surface area contributed by atoms with Crippen molar-refractivity contribution in [3.8, 4) is 0 Å². The lowest BCUT2D eigenvalue weighted by molar-refractivity contribution is 0.538. The Morgan fingerprint density at radius 3 is 3.00 bits per heavy atom. The summed E-state index contributed by atoms with van der Waals surface area (Å²) in [6.45, 7) is 4.79. The summed E-state index contributed by atoms with van der Waals surface area (Å²) in [6.07, 6.45) is 2.65. The summed E-state index contributed by atoms with van der Waals surface area (Å²) in [5.41, 5.74) is 5.01. The molecule has 5 heteroatoms. The number of anilines is 1. The highest BCUT2D eigenvalue weighted by Crippen LogP contribution is 2.20. The Labute approximate surface area is 111 Å². The Kier molecular flexibility index (Phi) is 2.95. The average molecular weight is 256 g/mol. The Bertz CT molecular complexity index is 698. The number of aromatic nitrogens is 3. The van der Waals surface area contributed by atoms with Crippen LogP contribution < -0.4 is 5.32 Å². The van der Waals surface area contributed by atoms with Crippen LogP contribution in [0.5, 0.6) is 0 Å². The zero-order valence-electron chi connectivity index (χ0n) is 11.0. The Hall–Kier alpha value is -2.30. The second kappa shape index (κ2) is 4.76. The third kappa shape index (κ3) is 2.31. The van der Waals surface area contributed by atoms with Gasteiger partial charge in [-0.3, -0.25) is 5.10 Å². The zero-order valence-corrected chi connectivity index (χ0v) is 11.0. The van der Waals surface area contributed by atoms with Gasteiger partial charge in [0.15, 0.2) is 11.5 Å². The number of hydrogen-bond acceptors (Lipinski definition) is 4. The molecule has 98 valence electrons. The van der Waals surface area contributed by atoms with E-state index in [4.69, 9.17) is 4.42 Å². The van der Waals surface area contributed by atoms with Crippen molar-refractivity contribution in [2.45, 2.75) is 26.8 Å². The van der Waals surface area contributed by atoms with Gasteiger partial charge in [0.25, 0.3) is 0 Å². The maximum atomic E-state index is 5.59. The van der Waals surface area contributed by atoms with E-state index in [-0.39, 0.29) is 0 Å². The number of rotatable bonds is 4. The van der Waals surface area contributed by atoms with Crippen LogP contribution in [0.25, 0.3) is 11.1 Å². The normalized spacial score (nSPS) is 11.1. The van der Waals surface area contributed by atoms with Gasteiger partial charge in [-0.15, -0.1) is 0 Å². The van der Waals surface area contributed by atoms with Gasteiger partial charge in [0.2, 0.25) is 0 Å². The summed E-state index contributed by atoms with van der Waals surface area (Å²) in [4.78, 5) is 4.43. The minimum atomic E-state index is 0.742. The SMILES string of the molecule is CCc1nc2cc(NCc3cn[nH]c3C)ccc2o1. The summed E-state index contributed by atoms with van der Waals surface area (Å²) in [6, 6.07) is 5.96. The van der Waals surface area contributed by atoms with Crippen LogP contribution in [0.1, 0.15) is 24.1 Å². The van der Waals surface area contributed by atoms with E-state index in [2.05, 4.69) is 20.5 Å². The summed E-state index contributed by atoms with van der Waals surface area (Å²) in [7, 11) is 0. The molecule has 2 heterocycles. The van der Waals surface area contributed by atoms with Crippen molar-refractivity contribution in [3.63, 3.8) is 0 Å². The zero-order chi connectivity index (χ0) is 13.2. The summed E-state index contributed by atoms with van der Waals surface area (Å²) < 4.78 is 5.59. The third-order valence-corrected chi connectivity index (χ3v) is 3.15. The average Bonchev–Trinajstić information content (AvgIpc) is 3.01. The first kappa shape index (κ1) is 11.8. The maximum Gasteiger partial charge on any atom is 0.195 e. The molecule has 1 aromatic carbocycles. The lowest BCUT2D eigenvalue weighted by Gasteiger charge is -2.04. The van der Waals surface area contributed by atoms with Gasteiger partial charge in [0.05, 0.1) is 6.20 Å². The van der Waals surface area contributed by atoms with Crippen molar-refractivity contribution in [1.29, 1.82) is 0 Å². The second-order valence-corrected chi connectivity index (χ2v) is 4.52. The van der Waals surface area contributed by atoms with Gasteiger partial charge in [-0.1, -0.05) is 6.92 Å². The Morgan fingerprint density at radius 2 is 2.26 bits per heavy atom. The molecule has 2 N–H and O–H groups in total. The van der Waals surface area contributed by atoms with Crippen molar-refractivity contribution in [2.24, 2.45) is 0 Å². The van der Waals surface area contributed by atoms with E-state index in [1.165, 1.54) is 0 Å². The van der Waals surface area contributed by atoms with Gasteiger partial charge in [-0.2, -0.15) is 5.10 Å². The van der Waals surface area contributed by atoms with Crippen molar-refractivity contribution < 1.29 is 4.42 Å². The fraction of sp³-hybridized carbons (Fsp3) is 0.286. The van der Waals surface area contributed by atoms with Crippen molar-refractivity contribution in [2.75, 3.05) is 5.32 Å². The number of H-pyrrole nitrogens is 1. The number of aromatic amines is 1. The number of aryl methyl sites for hydroxylation is 2. The maximum absolute atomic E-state index is 5.59. The highest BCUT2D eigenvalue weighted by molar-refractivity contribution is 5.77. The predicted molar refractivity (Wildman–Crippen MR) is 74.0 cm³/mol. The second-order valence-electron chi connectivity index (χ2n) is 4.52. The minimum absolute atomic E-state index is 0.742. The predicted octanol–water partition coefficient (Wildman–Crippen LogP) is 3.03. The minimum Gasteiger partial charge on any atom is -0.441 e. The topological polar surface area (TPSA) is 66.7 Å². The van der Waals surface area contributed by atoms with E-state index in [0.29, 0.717) is 0 Å². The molecule has 0 saturated carbocycles. The summed E-state index contributed by atoms with van der Waals surface area (Å²) in [5, 5.41) is 10.3. The molecule has 0 unspecified atom stereocenters. The monoisotopic (exact) mass is 256 g/mol. The van der Waals surface area contributed by atoms with Crippen LogP contribution in [0.2, 0.25) is 0 Å². The molecular weight excluding hydrogens is 240 g/mol. The molecule has 0 aliphatic rings. The van der Waals surface area contributed by atoms with Gasteiger partial charge in [-0.25, -0.2) is 4.98 Å². The molecule has 0 aliphatic carbocycles. The molecule has 0 fully saturated rings. The Balaban J connectivity index is 1.79. The lowest BCUT2D eigenvalue weighted by Crippen LogP contribution is -1.99. The van der Waals surface area contributed by atoms with E-state index < -0.39 is 0 Å². The fourth-order valence-electron chi connectivity index (χ4n) is 1.99. The quantitative estimate of drug-likeness (QED) is 0.753. The number of oxazole rings is 1. The van der Waals surface area contributed by atoms with Gasteiger partial charge >= 0.3 is 0 Å². The molecule has 0 spiro atoms. The van der Waals surface area contributed by atoms with Crippen molar-refractivity contribution >= 4 is 16.8 Å². The highest BCUT2D eigenvalue weighted by Gasteiger charge is 2.05. The number of nitrogens with zero attached hydrogens (tertiary/aromatic N) is 2. The highest BCUT2D eigenvalue weighted by atomic mass is 16.3. The third-order valence-electron chi connectivity index (χ3n) is 3.15. The standard InChI is InChI=1S/C14H16N4O/c1-3-14-17-12-6-11(4-5-13(12)19-14)15-7-10-8-16-18-9(10)2/h4-6,8,15H,3,7H2,1-2H3,(H,16,18). The molecule has 3 rings (SSSR count). The van der Waals surface area contributed by atoms with E-state index in [9.17, 15) is 0 Å². The molecular formula is C14H16N4O. The van der Waals surface area contributed by atoms with Crippen LogP contribution in [0.4, 0.5) is 5.69 Å². The number of hydrogen-bond donors (Lipinski definition) is 2. The summed E-state index contributed by atoms with van der Waals surface area (Å²) in [5.74, 6) is 0.776. The number of benzene rings is 1. The number of nitrogens with one attached hydrogen (secondary N) is 2. The fourth-order valence-corrected chi connectivity index (χ4v) is 1.99. The number of fused-ring (bicyclic) bond motifs is 1. The largest absolute Gasteiger partial charge is 0.441 e. The molecule has 0 radical (unpaired) electrons. The Morgan fingerprint density at radius 1 is 1.37 bits per heavy atom. The molecule has 0 amide bonds. The molecule has 0 saturated heterocycles. The molecule has 0 aliphatic heterocycles. The van der Waals surface area contributed by atoms with Crippen molar-refractivity contribution in [3.05, 3.63) is 41.5 Å². The molecule has 0 bridgehead atoms.